The first-order valence-corrected chi connectivity index (χ1v) is 7.78. The van der Waals surface area contributed by atoms with Crippen LogP contribution in [0.15, 0.2) is 48.5 Å². The molecule has 0 aliphatic carbocycles. The van der Waals surface area contributed by atoms with E-state index in [1.54, 1.807) is 24.3 Å². The van der Waals surface area contributed by atoms with Gasteiger partial charge in [0.15, 0.2) is 11.5 Å². The maximum atomic E-state index is 11.8. The average molecular weight is 462 g/mol. The zero-order valence-corrected chi connectivity index (χ0v) is 16.6. The number of phenols is 1. The third-order valence-corrected chi connectivity index (χ3v) is 4.15. The molecule has 6 heteroatoms. The molecule has 3 aromatic rings. The van der Waals surface area contributed by atoms with Crippen LogP contribution < -0.4 is 39.0 Å². The molecule has 3 N–H and O–H groups in total. The Morgan fingerprint density at radius 3 is 2.58 bits per heavy atom. The summed E-state index contributed by atoms with van der Waals surface area (Å²) in [4.78, 5) is 11.8. The lowest BCUT2D eigenvalue weighted by Gasteiger charge is -2.05. The van der Waals surface area contributed by atoms with Gasteiger partial charge in [-0.25, -0.2) is 0 Å². The molecule has 26 heavy (non-hydrogen) atoms. The van der Waals surface area contributed by atoms with Crippen LogP contribution in [0, 0.1) is 0 Å². The van der Waals surface area contributed by atoms with Gasteiger partial charge in [0, 0.05) is 18.2 Å². The number of aromatic hydroxyl groups is 1. The number of primary amides is 1. The molecule has 1 heterocycles. The number of hydrogen-bond acceptors (Lipinski definition) is 3. The number of para-hydroxylation sites is 1. The Kier molecular flexibility index (Phi) is 6.20. The smallest absolute Gasteiger partial charge is 0.249 e. The van der Waals surface area contributed by atoms with Crippen LogP contribution >= 0.6 is 0 Å². The summed E-state index contributed by atoms with van der Waals surface area (Å²) in [5, 5.41) is 10.5. The van der Waals surface area contributed by atoms with Crippen molar-refractivity contribution in [2.24, 2.45) is 12.8 Å². The molecule has 0 bridgehead atoms. The zero-order chi connectivity index (χ0) is 18.0. The highest BCUT2D eigenvalue weighted by molar-refractivity contribution is 6.05. The molecule has 5 nitrogen and oxygen atoms in total. The quantitative estimate of drug-likeness (QED) is 0.412. The molecule has 0 aliphatic heterocycles. The van der Waals surface area contributed by atoms with Crippen molar-refractivity contribution in [3.63, 3.8) is 0 Å². The Hall–Kier alpha value is -2.61. The number of benzene rings is 2. The minimum absolute atomic E-state index is 0. The van der Waals surface area contributed by atoms with Crippen LogP contribution in [-0.2, 0) is 7.05 Å². The lowest BCUT2D eigenvalue weighted by molar-refractivity contribution is -0.646. The van der Waals surface area contributed by atoms with E-state index in [-0.39, 0.29) is 29.7 Å². The Morgan fingerprint density at radius 1 is 1.15 bits per heavy atom. The Labute approximate surface area is 168 Å². The summed E-state index contributed by atoms with van der Waals surface area (Å²) >= 11 is 0. The third kappa shape index (κ3) is 3.80. The number of carbonyl (C=O) groups excluding carboxylic acids is 1. The number of halogens is 1. The van der Waals surface area contributed by atoms with Crippen LogP contribution in [0.1, 0.15) is 21.6 Å². The van der Waals surface area contributed by atoms with Crippen LogP contribution in [0.2, 0.25) is 0 Å². The monoisotopic (exact) mass is 462 g/mol. The maximum Gasteiger partial charge on any atom is 0.249 e. The standard InChI is InChI=1S/C20H18N2O3.HI/c1-22-14(9-7-13-8-10-18(23)19(11-13)25-2)12-16(20(21)24)15-5-3-4-6-17(15)22;/h3-12H,1-2H3,(H2,21,24);1H. The van der Waals surface area contributed by atoms with E-state index >= 15 is 0 Å². The molecule has 0 saturated heterocycles. The second kappa shape index (κ2) is 8.18. The van der Waals surface area contributed by atoms with Gasteiger partial charge in [0.25, 0.3) is 0 Å². The van der Waals surface area contributed by atoms with Crippen molar-refractivity contribution in [1.29, 1.82) is 0 Å². The largest absolute Gasteiger partial charge is 1.00 e. The van der Waals surface area contributed by atoms with Gasteiger partial charge >= 0.3 is 0 Å². The highest BCUT2D eigenvalue weighted by atomic mass is 127. The van der Waals surface area contributed by atoms with Crippen LogP contribution in [0.5, 0.6) is 11.5 Å². The van der Waals surface area contributed by atoms with Gasteiger partial charge in [-0.3, -0.25) is 4.79 Å². The molecule has 134 valence electrons. The second-order valence-corrected chi connectivity index (χ2v) is 5.69. The highest BCUT2D eigenvalue weighted by Gasteiger charge is 2.17. The number of pyridine rings is 1. The third-order valence-electron chi connectivity index (χ3n) is 4.15. The number of phenolic OH excluding ortho intramolecular Hbond substituents is 1. The second-order valence-electron chi connectivity index (χ2n) is 5.69. The number of methoxy groups -OCH3 is 1. The van der Waals surface area contributed by atoms with Gasteiger partial charge in [-0.1, -0.05) is 18.2 Å². The fourth-order valence-corrected chi connectivity index (χ4v) is 2.80. The van der Waals surface area contributed by atoms with Gasteiger partial charge in [-0.05, 0) is 29.8 Å². The number of fused-ring (bicyclic) bond motifs is 1. The minimum atomic E-state index is -0.460. The first-order chi connectivity index (χ1) is 12.0. The van der Waals surface area contributed by atoms with E-state index in [2.05, 4.69) is 0 Å². The molecule has 2 aromatic carbocycles. The molecule has 0 aliphatic rings. The average Bonchev–Trinajstić information content (AvgIpc) is 2.62. The number of hydrogen-bond donors (Lipinski definition) is 2. The number of aromatic nitrogens is 1. The van der Waals surface area contributed by atoms with Gasteiger partial charge in [0.1, 0.15) is 7.05 Å². The fraction of sp³-hybridized carbons (Fsp3) is 0.100. The molecule has 0 radical (unpaired) electrons. The van der Waals surface area contributed by atoms with Gasteiger partial charge in [-0.2, -0.15) is 4.57 Å². The number of amides is 1. The lowest BCUT2D eigenvalue weighted by atomic mass is 10.1. The highest BCUT2D eigenvalue weighted by Crippen LogP contribution is 2.27. The number of carbonyl (C=O) groups is 1. The molecule has 3 rings (SSSR count). The van der Waals surface area contributed by atoms with Gasteiger partial charge < -0.3 is 39.6 Å². The first-order valence-electron chi connectivity index (χ1n) is 7.78. The molecule has 1 aromatic heterocycles. The SMILES string of the molecule is COc1cc(/C=C/c2cc(C(N)=O)c3ccccc3[n+]2C)ccc1O.[I-]. The van der Waals surface area contributed by atoms with E-state index in [1.165, 1.54) is 7.11 Å². The minimum Gasteiger partial charge on any atom is -1.00 e. The van der Waals surface area contributed by atoms with E-state index < -0.39 is 5.91 Å². The Balaban J connectivity index is 0.00000243. The van der Waals surface area contributed by atoms with E-state index in [1.807, 2.05) is 48.0 Å². The normalized spacial score (nSPS) is 10.7. The van der Waals surface area contributed by atoms with Gasteiger partial charge in [0.05, 0.1) is 18.1 Å². The first kappa shape index (κ1) is 19.7. The predicted molar refractivity (Wildman–Crippen MR) is 97.2 cm³/mol. The fourth-order valence-electron chi connectivity index (χ4n) is 2.80. The Bertz CT molecular complexity index is 1000. The molecule has 0 fully saturated rings. The van der Waals surface area contributed by atoms with Crippen molar-refractivity contribution < 1.29 is 43.2 Å². The summed E-state index contributed by atoms with van der Waals surface area (Å²) in [6.45, 7) is 0. The molecular weight excluding hydrogens is 443 g/mol. The van der Waals surface area contributed by atoms with Crippen molar-refractivity contribution in [3.8, 4) is 11.5 Å². The summed E-state index contributed by atoms with van der Waals surface area (Å²) in [6.07, 6.45) is 3.78. The van der Waals surface area contributed by atoms with Gasteiger partial charge in [0.2, 0.25) is 17.1 Å². The zero-order valence-electron chi connectivity index (χ0n) is 14.4. The molecule has 1 amide bonds. The van der Waals surface area contributed by atoms with Gasteiger partial charge in [-0.15, -0.1) is 0 Å². The number of ether oxygens (including phenoxy) is 1. The molecule has 0 spiro atoms. The number of nitrogens with zero attached hydrogens (tertiary/aromatic N) is 1. The van der Waals surface area contributed by atoms with Crippen molar-refractivity contribution >= 4 is 29.0 Å². The molecule has 0 atom stereocenters. The van der Waals surface area contributed by atoms with Crippen molar-refractivity contribution in [1.82, 2.24) is 0 Å². The van der Waals surface area contributed by atoms with Crippen LogP contribution in [0.25, 0.3) is 23.1 Å². The summed E-state index contributed by atoms with van der Waals surface area (Å²) in [7, 11) is 3.44. The topological polar surface area (TPSA) is 76.4 Å². The van der Waals surface area contributed by atoms with Crippen molar-refractivity contribution in [2.45, 2.75) is 0 Å². The van der Waals surface area contributed by atoms with Crippen molar-refractivity contribution in [3.05, 3.63) is 65.4 Å². The number of rotatable bonds is 4. The van der Waals surface area contributed by atoms with E-state index in [4.69, 9.17) is 10.5 Å². The summed E-state index contributed by atoms with van der Waals surface area (Å²) in [6, 6.07) is 14.5. The Morgan fingerprint density at radius 2 is 1.88 bits per heavy atom. The van der Waals surface area contributed by atoms with Crippen LogP contribution in [0.4, 0.5) is 0 Å². The van der Waals surface area contributed by atoms with Crippen LogP contribution in [-0.4, -0.2) is 18.1 Å². The predicted octanol–water partition coefficient (Wildman–Crippen LogP) is -0.348. The van der Waals surface area contributed by atoms with E-state index in [0.29, 0.717) is 11.3 Å². The summed E-state index contributed by atoms with van der Waals surface area (Å²) in [5.41, 5.74) is 8.64. The molecule has 0 saturated carbocycles. The van der Waals surface area contributed by atoms with E-state index in [0.717, 1.165) is 22.2 Å². The molecular formula is C20H19IN2O3. The summed E-state index contributed by atoms with van der Waals surface area (Å²) in [5.74, 6) is 0.0348. The van der Waals surface area contributed by atoms with E-state index in [9.17, 15) is 9.90 Å². The maximum absolute atomic E-state index is 11.8. The molecule has 0 unspecified atom stereocenters. The van der Waals surface area contributed by atoms with Crippen LogP contribution in [0.3, 0.4) is 0 Å². The number of nitrogens with two attached hydrogens (primary N) is 1. The lowest BCUT2D eigenvalue weighted by Crippen LogP contribution is -3.00. The summed E-state index contributed by atoms with van der Waals surface area (Å²) < 4.78 is 7.12. The number of aryl methyl sites for hydroxylation is 1. The van der Waals surface area contributed by atoms with Crippen molar-refractivity contribution in [2.75, 3.05) is 7.11 Å².